The van der Waals surface area contributed by atoms with Gasteiger partial charge in [-0.25, -0.2) is 0 Å². The molecule has 1 saturated heterocycles. The van der Waals surface area contributed by atoms with Crippen molar-refractivity contribution in [1.82, 2.24) is 0 Å². The molecule has 1 aliphatic heterocycles. The van der Waals surface area contributed by atoms with E-state index in [1.807, 2.05) is 0 Å². The first-order chi connectivity index (χ1) is 18.5. The molecule has 1 heterocycles. The molecule has 2 aliphatic carbocycles. The van der Waals surface area contributed by atoms with E-state index in [4.69, 9.17) is 23.7 Å². The summed E-state index contributed by atoms with van der Waals surface area (Å²) in [6, 6.07) is 0. The lowest BCUT2D eigenvalue weighted by atomic mass is 9.61. The van der Waals surface area contributed by atoms with E-state index in [0.29, 0.717) is 24.4 Å². The Morgan fingerprint density at radius 1 is 1.00 bits per heavy atom. The minimum absolute atomic E-state index is 0.0434. The highest BCUT2D eigenvalue weighted by atomic mass is 16.7. The van der Waals surface area contributed by atoms with Crippen LogP contribution in [0.2, 0.25) is 0 Å². The number of carbonyl (C=O) groups is 3. The largest absolute Gasteiger partial charge is 0.456 e. The van der Waals surface area contributed by atoms with Crippen LogP contribution < -0.4 is 0 Å². The van der Waals surface area contributed by atoms with Crippen LogP contribution in [0.4, 0.5) is 0 Å². The van der Waals surface area contributed by atoms with Gasteiger partial charge in [0.15, 0.2) is 24.6 Å². The molecule has 1 saturated carbocycles. The summed E-state index contributed by atoms with van der Waals surface area (Å²) in [5.41, 5.74) is 4.07. The molecule has 0 amide bonds. The van der Waals surface area contributed by atoms with Crippen molar-refractivity contribution >= 4 is 17.9 Å². The summed E-state index contributed by atoms with van der Waals surface area (Å²) in [6.45, 7) is 15.0. The Bertz CT molecular complexity index is 962. The maximum absolute atomic E-state index is 12.0. The van der Waals surface area contributed by atoms with Crippen LogP contribution in [0.3, 0.4) is 0 Å². The van der Waals surface area contributed by atoms with Gasteiger partial charge in [-0.2, -0.15) is 0 Å². The minimum Gasteiger partial charge on any atom is -0.456 e. The zero-order valence-corrected chi connectivity index (χ0v) is 24.4. The summed E-state index contributed by atoms with van der Waals surface area (Å²) in [4.78, 5) is 35.6. The summed E-state index contributed by atoms with van der Waals surface area (Å²) in [5.74, 6) is -0.115. The standard InChI is InChI=1S/C31H46O8/c1-18(2)9-8-10-24(26-14-12-20(4)25-13-11-19(3)15-27(25)26)16-35-31-30(39-23(7)34)29(38-22(6)33)28(17-36-31)37-21(5)32/h9,15,24-31H,4,8,10-14,16-17H2,1-3,5-7H3/t24-,25+,26-,27+,28-,29+,30-,31-/m0/s1. The van der Waals surface area contributed by atoms with Gasteiger partial charge in [-0.05, 0) is 83.0 Å². The van der Waals surface area contributed by atoms with Gasteiger partial charge in [0.25, 0.3) is 0 Å². The predicted octanol–water partition coefficient (Wildman–Crippen LogP) is 5.46. The van der Waals surface area contributed by atoms with E-state index in [1.54, 1.807) is 0 Å². The van der Waals surface area contributed by atoms with E-state index in [1.165, 1.54) is 37.5 Å². The monoisotopic (exact) mass is 546 g/mol. The molecule has 0 radical (unpaired) electrons. The van der Waals surface area contributed by atoms with Crippen molar-refractivity contribution in [2.75, 3.05) is 13.2 Å². The lowest BCUT2D eigenvalue weighted by Crippen LogP contribution is -2.58. The molecular weight excluding hydrogens is 500 g/mol. The average Bonchev–Trinajstić information content (AvgIpc) is 2.83. The second-order valence-corrected chi connectivity index (χ2v) is 11.5. The molecule has 8 atom stereocenters. The second-order valence-electron chi connectivity index (χ2n) is 11.5. The van der Waals surface area contributed by atoms with E-state index in [-0.39, 0.29) is 12.5 Å². The van der Waals surface area contributed by atoms with Crippen LogP contribution in [0.25, 0.3) is 0 Å². The van der Waals surface area contributed by atoms with Gasteiger partial charge in [0.05, 0.1) is 13.2 Å². The number of hydrogen-bond acceptors (Lipinski definition) is 8. The van der Waals surface area contributed by atoms with Crippen molar-refractivity contribution in [2.45, 2.75) is 105 Å². The Kier molecular flexibility index (Phi) is 11.4. The fourth-order valence-electron chi connectivity index (χ4n) is 6.36. The summed E-state index contributed by atoms with van der Waals surface area (Å²) >= 11 is 0. The minimum atomic E-state index is -1.07. The van der Waals surface area contributed by atoms with Crippen molar-refractivity contribution in [3.8, 4) is 0 Å². The van der Waals surface area contributed by atoms with Crippen molar-refractivity contribution in [3.63, 3.8) is 0 Å². The van der Waals surface area contributed by atoms with E-state index < -0.39 is 42.5 Å². The third-order valence-electron chi connectivity index (χ3n) is 8.08. The molecule has 0 aromatic carbocycles. The van der Waals surface area contributed by atoms with Crippen molar-refractivity contribution in [2.24, 2.45) is 23.7 Å². The highest BCUT2D eigenvalue weighted by Crippen LogP contribution is 2.48. The predicted molar refractivity (Wildman–Crippen MR) is 146 cm³/mol. The number of allylic oxidation sites excluding steroid dienone is 5. The van der Waals surface area contributed by atoms with Crippen LogP contribution in [-0.2, 0) is 38.1 Å². The van der Waals surface area contributed by atoms with Crippen LogP contribution >= 0.6 is 0 Å². The number of carbonyl (C=O) groups excluding carboxylic acids is 3. The molecule has 218 valence electrons. The lowest BCUT2D eigenvalue weighted by Gasteiger charge is -2.45. The molecule has 0 aromatic rings. The van der Waals surface area contributed by atoms with Crippen LogP contribution in [0.1, 0.15) is 80.1 Å². The Hall–Kier alpha value is -2.45. The fourth-order valence-corrected chi connectivity index (χ4v) is 6.36. The number of esters is 3. The molecular formula is C31H46O8. The molecule has 0 spiro atoms. The SMILES string of the molecule is C=C1CC[C@@H]([C@@H](CCC=C(C)C)CO[C@H]2OC[C@H](OC(C)=O)[C@@H](OC(C)=O)[C@@H]2OC(C)=O)[C@@H]2C=C(C)CC[C@H]12. The maximum Gasteiger partial charge on any atom is 0.303 e. The molecule has 2 fully saturated rings. The van der Waals surface area contributed by atoms with Gasteiger partial charge in [-0.1, -0.05) is 35.5 Å². The Morgan fingerprint density at radius 2 is 1.67 bits per heavy atom. The van der Waals surface area contributed by atoms with E-state index in [2.05, 4.69) is 39.5 Å². The number of hydrogen-bond donors (Lipinski definition) is 0. The molecule has 3 rings (SSSR count). The summed E-state index contributed by atoms with van der Waals surface area (Å²) < 4.78 is 28.7. The van der Waals surface area contributed by atoms with Gasteiger partial charge in [0, 0.05) is 20.8 Å². The second kappa shape index (κ2) is 14.3. The Balaban J connectivity index is 1.83. The molecule has 0 aromatic heterocycles. The lowest BCUT2D eigenvalue weighted by molar-refractivity contribution is -0.284. The van der Waals surface area contributed by atoms with Crippen molar-refractivity contribution < 1.29 is 38.1 Å². The molecule has 3 aliphatic rings. The van der Waals surface area contributed by atoms with Crippen LogP contribution in [0, 0.1) is 23.7 Å². The summed E-state index contributed by atoms with van der Waals surface area (Å²) in [5, 5.41) is 0. The highest BCUT2D eigenvalue weighted by Gasteiger charge is 2.48. The fraction of sp³-hybridized carbons (Fsp3) is 0.710. The number of rotatable bonds is 10. The third-order valence-corrected chi connectivity index (χ3v) is 8.08. The van der Waals surface area contributed by atoms with Gasteiger partial charge in [0.2, 0.25) is 0 Å². The van der Waals surface area contributed by atoms with E-state index in [0.717, 1.165) is 38.5 Å². The van der Waals surface area contributed by atoms with E-state index >= 15 is 0 Å². The van der Waals surface area contributed by atoms with E-state index in [9.17, 15) is 14.4 Å². The Labute approximate surface area is 233 Å². The first-order valence-electron chi connectivity index (χ1n) is 14.2. The summed E-state index contributed by atoms with van der Waals surface area (Å²) in [7, 11) is 0. The summed E-state index contributed by atoms with van der Waals surface area (Å²) in [6.07, 6.45) is 6.95. The van der Waals surface area contributed by atoms with Crippen molar-refractivity contribution in [1.29, 1.82) is 0 Å². The molecule has 0 unspecified atom stereocenters. The first kappa shape index (κ1) is 31.1. The number of ether oxygens (including phenoxy) is 5. The quantitative estimate of drug-likeness (QED) is 0.203. The Morgan fingerprint density at radius 3 is 2.31 bits per heavy atom. The molecule has 8 heteroatoms. The maximum atomic E-state index is 12.0. The molecule has 0 N–H and O–H groups in total. The van der Waals surface area contributed by atoms with Gasteiger partial charge >= 0.3 is 17.9 Å². The molecule has 8 nitrogen and oxygen atoms in total. The van der Waals surface area contributed by atoms with Gasteiger partial charge < -0.3 is 23.7 Å². The normalized spacial score (nSPS) is 31.3. The third kappa shape index (κ3) is 8.77. The molecule has 0 bridgehead atoms. The van der Waals surface area contributed by atoms with Crippen LogP contribution in [0.15, 0.2) is 35.5 Å². The zero-order chi connectivity index (χ0) is 28.7. The first-order valence-corrected chi connectivity index (χ1v) is 14.2. The van der Waals surface area contributed by atoms with Gasteiger partial charge in [-0.15, -0.1) is 0 Å². The average molecular weight is 547 g/mol. The van der Waals surface area contributed by atoms with Crippen LogP contribution in [0.5, 0.6) is 0 Å². The van der Waals surface area contributed by atoms with Gasteiger partial charge in [0.1, 0.15) is 0 Å². The van der Waals surface area contributed by atoms with Crippen LogP contribution in [-0.4, -0.2) is 55.7 Å². The topological polar surface area (TPSA) is 97.4 Å². The zero-order valence-electron chi connectivity index (χ0n) is 24.4. The molecule has 39 heavy (non-hydrogen) atoms. The number of fused-ring (bicyclic) bond motifs is 1. The van der Waals surface area contributed by atoms with Crippen molar-refractivity contribution in [3.05, 3.63) is 35.5 Å². The highest BCUT2D eigenvalue weighted by molar-refractivity contribution is 5.68. The smallest absolute Gasteiger partial charge is 0.303 e. The van der Waals surface area contributed by atoms with Gasteiger partial charge in [-0.3, -0.25) is 14.4 Å².